The van der Waals surface area contributed by atoms with Crippen LogP contribution in [0.4, 0.5) is 10.2 Å². The molecule has 0 saturated heterocycles. The second-order valence-corrected chi connectivity index (χ2v) is 5.13. The summed E-state index contributed by atoms with van der Waals surface area (Å²) < 4.78 is 18.5. The molecule has 5 nitrogen and oxygen atoms in total. The number of amides is 1. The summed E-state index contributed by atoms with van der Waals surface area (Å²) in [6.07, 6.45) is 1.40. The Labute approximate surface area is 127 Å². The average Bonchev–Trinajstić information content (AvgIpc) is 2.49. The van der Waals surface area contributed by atoms with E-state index in [2.05, 4.69) is 10.3 Å². The number of rotatable bonds is 4. The zero-order valence-corrected chi connectivity index (χ0v) is 12.1. The summed E-state index contributed by atoms with van der Waals surface area (Å²) >= 11 is 0. The maximum atomic E-state index is 13.1. The fourth-order valence-electron chi connectivity index (χ4n) is 1.50. The molecule has 1 aromatic heterocycles. The number of carbonyl (C=O) groups excluding carboxylic acids is 1. The first kappa shape index (κ1) is 15.4. The van der Waals surface area contributed by atoms with Crippen molar-refractivity contribution in [1.82, 2.24) is 4.98 Å². The molecular formula is C16H14FN3O2. The zero-order valence-electron chi connectivity index (χ0n) is 12.1. The third-order valence-corrected chi connectivity index (χ3v) is 2.86. The maximum Gasteiger partial charge on any atom is 0.245 e. The first-order valence-corrected chi connectivity index (χ1v) is 6.53. The number of pyridine rings is 1. The lowest BCUT2D eigenvalue weighted by Gasteiger charge is -2.14. The number of halogens is 1. The Kier molecular flexibility index (Phi) is 4.37. The fraction of sp³-hybridized carbons (Fsp3) is 0.188. The van der Waals surface area contributed by atoms with Gasteiger partial charge in [0.25, 0.3) is 0 Å². The van der Waals surface area contributed by atoms with Crippen molar-refractivity contribution in [2.24, 2.45) is 5.41 Å². The molecule has 0 aliphatic heterocycles. The van der Waals surface area contributed by atoms with Crippen molar-refractivity contribution in [2.75, 3.05) is 5.32 Å². The van der Waals surface area contributed by atoms with Gasteiger partial charge < -0.3 is 10.1 Å². The van der Waals surface area contributed by atoms with E-state index in [1.807, 2.05) is 6.07 Å². The Morgan fingerprint density at radius 3 is 2.68 bits per heavy atom. The minimum absolute atomic E-state index is 0.305. The molecule has 1 aromatic carbocycles. The third kappa shape index (κ3) is 3.79. The van der Waals surface area contributed by atoms with Gasteiger partial charge in [-0.15, -0.1) is 0 Å². The molecule has 112 valence electrons. The van der Waals surface area contributed by atoms with Crippen LogP contribution in [0.5, 0.6) is 11.5 Å². The third-order valence-electron chi connectivity index (χ3n) is 2.86. The molecule has 0 aliphatic carbocycles. The van der Waals surface area contributed by atoms with Gasteiger partial charge in [-0.25, -0.2) is 9.37 Å². The molecule has 0 spiro atoms. The summed E-state index contributed by atoms with van der Waals surface area (Å²) in [6.45, 7) is 3.04. The predicted molar refractivity (Wildman–Crippen MR) is 78.7 cm³/mol. The van der Waals surface area contributed by atoms with Crippen LogP contribution in [0.2, 0.25) is 0 Å². The minimum Gasteiger partial charge on any atom is -0.456 e. The molecule has 0 unspecified atom stereocenters. The number of ether oxygens (including phenoxy) is 1. The monoisotopic (exact) mass is 299 g/mol. The van der Waals surface area contributed by atoms with E-state index < -0.39 is 17.1 Å². The highest BCUT2D eigenvalue weighted by molar-refractivity contribution is 5.95. The van der Waals surface area contributed by atoms with Gasteiger partial charge in [-0.1, -0.05) is 6.07 Å². The van der Waals surface area contributed by atoms with Gasteiger partial charge >= 0.3 is 0 Å². The smallest absolute Gasteiger partial charge is 0.245 e. The van der Waals surface area contributed by atoms with Crippen LogP contribution in [-0.4, -0.2) is 10.9 Å². The van der Waals surface area contributed by atoms with Crippen LogP contribution < -0.4 is 10.1 Å². The quantitative estimate of drug-likeness (QED) is 0.937. The van der Waals surface area contributed by atoms with Crippen LogP contribution in [0.3, 0.4) is 0 Å². The van der Waals surface area contributed by atoms with Crippen molar-refractivity contribution in [3.05, 3.63) is 48.4 Å². The number of anilines is 1. The maximum absolute atomic E-state index is 13.1. The van der Waals surface area contributed by atoms with E-state index in [1.54, 1.807) is 18.2 Å². The average molecular weight is 299 g/mol. The second kappa shape index (κ2) is 6.22. The molecule has 0 bridgehead atoms. The van der Waals surface area contributed by atoms with Gasteiger partial charge in [0, 0.05) is 6.07 Å². The van der Waals surface area contributed by atoms with Crippen molar-refractivity contribution in [3.63, 3.8) is 0 Å². The highest BCUT2D eigenvalue weighted by Gasteiger charge is 2.27. The number of nitrogens with one attached hydrogen (secondary N) is 1. The van der Waals surface area contributed by atoms with Gasteiger partial charge in [0.15, 0.2) is 0 Å². The van der Waals surface area contributed by atoms with E-state index in [1.165, 1.54) is 38.2 Å². The largest absolute Gasteiger partial charge is 0.456 e. The summed E-state index contributed by atoms with van der Waals surface area (Å²) in [4.78, 5) is 15.9. The number of hydrogen-bond acceptors (Lipinski definition) is 4. The number of hydrogen-bond donors (Lipinski definition) is 1. The van der Waals surface area contributed by atoms with E-state index in [-0.39, 0.29) is 0 Å². The normalized spacial score (nSPS) is 10.6. The topological polar surface area (TPSA) is 75.0 Å². The predicted octanol–water partition coefficient (Wildman–Crippen LogP) is 3.50. The lowest BCUT2D eigenvalue weighted by molar-refractivity contribution is -0.121. The fourth-order valence-corrected chi connectivity index (χ4v) is 1.50. The number of carbonyl (C=O) groups is 1. The summed E-state index contributed by atoms with van der Waals surface area (Å²) in [5, 5.41) is 11.4. The Balaban J connectivity index is 2.05. The Bertz CT molecular complexity index is 721. The number of aromatic nitrogens is 1. The van der Waals surface area contributed by atoms with Crippen molar-refractivity contribution < 1.29 is 13.9 Å². The lowest BCUT2D eigenvalue weighted by Crippen LogP contribution is -2.29. The van der Waals surface area contributed by atoms with E-state index >= 15 is 0 Å². The van der Waals surface area contributed by atoms with Gasteiger partial charge in [0.1, 0.15) is 28.5 Å². The van der Waals surface area contributed by atoms with Crippen molar-refractivity contribution in [2.45, 2.75) is 13.8 Å². The molecule has 1 heterocycles. The summed E-state index contributed by atoms with van der Waals surface area (Å²) in [7, 11) is 0. The lowest BCUT2D eigenvalue weighted by atomic mass is 9.95. The van der Waals surface area contributed by atoms with Crippen molar-refractivity contribution in [1.29, 1.82) is 5.26 Å². The Morgan fingerprint density at radius 1 is 1.32 bits per heavy atom. The standard InChI is InChI=1S/C16H14FN3O2/c1-16(2,10-18)15(21)20-14-7-6-13(9-19-14)22-12-5-3-4-11(17)8-12/h3-9H,1-2H3,(H,19,20,21). The van der Waals surface area contributed by atoms with Crippen molar-refractivity contribution in [3.8, 4) is 17.6 Å². The first-order chi connectivity index (χ1) is 10.4. The van der Waals surface area contributed by atoms with E-state index in [0.717, 1.165) is 0 Å². The molecule has 0 fully saturated rings. The van der Waals surface area contributed by atoms with Gasteiger partial charge in [-0.05, 0) is 38.1 Å². The van der Waals surface area contributed by atoms with E-state index in [4.69, 9.17) is 10.00 Å². The first-order valence-electron chi connectivity index (χ1n) is 6.53. The van der Waals surface area contributed by atoms with Gasteiger partial charge in [0.05, 0.1) is 12.3 Å². The Morgan fingerprint density at radius 2 is 2.09 bits per heavy atom. The summed E-state index contributed by atoms with van der Waals surface area (Å²) in [5.74, 6) is 0.224. The van der Waals surface area contributed by atoms with Crippen LogP contribution >= 0.6 is 0 Å². The van der Waals surface area contributed by atoms with E-state index in [0.29, 0.717) is 17.3 Å². The van der Waals surface area contributed by atoms with Gasteiger partial charge in [0.2, 0.25) is 5.91 Å². The van der Waals surface area contributed by atoms with E-state index in [9.17, 15) is 9.18 Å². The van der Waals surface area contributed by atoms with Crippen LogP contribution in [-0.2, 0) is 4.79 Å². The second-order valence-electron chi connectivity index (χ2n) is 5.13. The number of nitrogens with zero attached hydrogens (tertiary/aromatic N) is 2. The van der Waals surface area contributed by atoms with Crippen LogP contribution in [0.25, 0.3) is 0 Å². The molecule has 0 atom stereocenters. The van der Waals surface area contributed by atoms with Crippen LogP contribution in [0, 0.1) is 22.6 Å². The Hall–Kier alpha value is -2.94. The SMILES string of the molecule is CC(C)(C#N)C(=O)Nc1ccc(Oc2cccc(F)c2)cn1. The van der Waals surface area contributed by atoms with Gasteiger partial charge in [-0.3, -0.25) is 4.79 Å². The molecule has 1 amide bonds. The molecular weight excluding hydrogens is 285 g/mol. The molecule has 0 radical (unpaired) electrons. The molecule has 0 aliphatic rings. The molecule has 6 heteroatoms. The molecule has 22 heavy (non-hydrogen) atoms. The van der Waals surface area contributed by atoms with Crippen LogP contribution in [0.15, 0.2) is 42.6 Å². The van der Waals surface area contributed by atoms with Gasteiger partial charge in [-0.2, -0.15) is 5.26 Å². The summed E-state index contributed by atoms with van der Waals surface area (Å²) in [5.41, 5.74) is -1.14. The summed E-state index contributed by atoms with van der Waals surface area (Å²) in [6, 6.07) is 10.8. The highest BCUT2D eigenvalue weighted by Crippen LogP contribution is 2.23. The molecule has 2 aromatic rings. The number of nitriles is 1. The van der Waals surface area contributed by atoms with Crippen molar-refractivity contribution >= 4 is 11.7 Å². The molecule has 2 rings (SSSR count). The molecule has 0 saturated carbocycles. The molecule has 1 N–H and O–H groups in total. The highest BCUT2D eigenvalue weighted by atomic mass is 19.1. The minimum atomic E-state index is -1.14. The zero-order chi connectivity index (χ0) is 16.2. The van der Waals surface area contributed by atoms with Crippen LogP contribution in [0.1, 0.15) is 13.8 Å². The number of benzene rings is 1.